The van der Waals surface area contributed by atoms with E-state index in [0.717, 1.165) is 12.1 Å². The van der Waals surface area contributed by atoms with E-state index in [1.807, 2.05) is 0 Å². The lowest BCUT2D eigenvalue weighted by Gasteiger charge is -2.12. The Labute approximate surface area is 90.9 Å². The summed E-state index contributed by atoms with van der Waals surface area (Å²) < 4.78 is 13.1. The molecule has 0 amide bonds. The van der Waals surface area contributed by atoms with Crippen molar-refractivity contribution in [3.05, 3.63) is 23.5 Å². The number of nitrogens with one attached hydrogen (secondary N) is 1. The maximum absolute atomic E-state index is 13.1. The van der Waals surface area contributed by atoms with E-state index in [-0.39, 0.29) is 5.56 Å². The van der Waals surface area contributed by atoms with E-state index >= 15 is 0 Å². The van der Waals surface area contributed by atoms with Crippen LogP contribution in [-0.2, 0) is 0 Å². The van der Waals surface area contributed by atoms with E-state index in [2.05, 4.69) is 10.3 Å². The minimum absolute atomic E-state index is 0.140. The zero-order chi connectivity index (χ0) is 11.7. The van der Waals surface area contributed by atoms with Crippen molar-refractivity contribution in [2.75, 3.05) is 13.1 Å². The number of hydrogen-bond acceptors (Lipinski definition) is 5. The number of nitrogens with zero attached hydrogens (tertiary/aromatic N) is 1. The Hall–Kier alpha value is -1.82. The van der Waals surface area contributed by atoms with Crippen LogP contribution in [-0.4, -0.2) is 34.2 Å². The fourth-order valence-electron chi connectivity index (χ4n) is 1.52. The van der Waals surface area contributed by atoms with E-state index in [4.69, 9.17) is 5.11 Å². The first-order valence-corrected chi connectivity index (χ1v) is 4.77. The largest absolute Gasteiger partial charge is 0.504 e. The van der Waals surface area contributed by atoms with E-state index in [1.165, 1.54) is 0 Å². The van der Waals surface area contributed by atoms with E-state index in [0.29, 0.717) is 18.9 Å². The van der Waals surface area contributed by atoms with Crippen LogP contribution in [0, 0.1) is 5.82 Å². The van der Waals surface area contributed by atoms with Crippen molar-refractivity contribution in [3.8, 4) is 11.5 Å². The zero-order valence-corrected chi connectivity index (χ0v) is 8.31. The normalized spacial score (nSPS) is 16.8. The molecule has 4 N–H and O–H groups in total. The molecule has 1 unspecified atom stereocenters. The van der Waals surface area contributed by atoms with Crippen molar-refractivity contribution >= 4 is 5.84 Å². The number of rotatable bonds is 2. The van der Waals surface area contributed by atoms with Crippen LogP contribution in [0.5, 0.6) is 11.5 Å². The molecule has 0 bridgehead atoms. The van der Waals surface area contributed by atoms with Crippen molar-refractivity contribution in [1.82, 2.24) is 5.32 Å². The highest BCUT2D eigenvalue weighted by atomic mass is 19.1. The van der Waals surface area contributed by atoms with Gasteiger partial charge in [-0.1, -0.05) is 0 Å². The lowest BCUT2D eigenvalue weighted by atomic mass is 10.1. The van der Waals surface area contributed by atoms with Crippen LogP contribution in [0.3, 0.4) is 0 Å². The van der Waals surface area contributed by atoms with Gasteiger partial charge in [0.15, 0.2) is 17.3 Å². The van der Waals surface area contributed by atoms with Gasteiger partial charge in [0.1, 0.15) is 11.9 Å². The van der Waals surface area contributed by atoms with Gasteiger partial charge in [0.2, 0.25) is 0 Å². The van der Waals surface area contributed by atoms with Gasteiger partial charge in [0, 0.05) is 6.54 Å². The molecule has 1 heterocycles. The van der Waals surface area contributed by atoms with Gasteiger partial charge in [-0.2, -0.15) is 0 Å². The minimum Gasteiger partial charge on any atom is -0.504 e. The number of benzene rings is 1. The van der Waals surface area contributed by atoms with E-state index in [9.17, 15) is 14.6 Å². The summed E-state index contributed by atoms with van der Waals surface area (Å²) in [5.74, 6) is -2.07. The number of hydrogen-bond donors (Lipinski definition) is 4. The van der Waals surface area contributed by atoms with Gasteiger partial charge in [-0.3, -0.25) is 4.99 Å². The molecule has 0 spiro atoms. The second-order valence-electron chi connectivity index (χ2n) is 3.47. The van der Waals surface area contributed by atoms with Gasteiger partial charge >= 0.3 is 0 Å². The molecule has 1 aliphatic rings. The molecule has 86 valence electrons. The second kappa shape index (κ2) is 3.97. The molecule has 0 saturated carbocycles. The van der Waals surface area contributed by atoms with Crippen molar-refractivity contribution in [3.63, 3.8) is 0 Å². The number of halogens is 1. The Balaban J connectivity index is 2.33. The highest BCUT2D eigenvalue weighted by Crippen LogP contribution is 2.31. The van der Waals surface area contributed by atoms with Gasteiger partial charge in [-0.25, -0.2) is 4.39 Å². The summed E-state index contributed by atoms with van der Waals surface area (Å²) in [6, 6.07) is 2.06. The van der Waals surface area contributed by atoms with E-state index < -0.39 is 23.4 Å². The standard InChI is InChI=1S/C10H11FN2O3/c11-6-3-5(4-7(14)9(6)16)8(15)10-12-1-2-13-10/h3-4,8,14-16H,1-2H2,(H,12,13). The third kappa shape index (κ3) is 1.79. The van der Waals surface area contributed by atoms with Crippen LogP contribution in [0.25, 0.3) is 0 Å². The van der Waals surface area contributed by atoms with Crippen LogP contribution >= 0.6 is 0 Å². The summed E-state index contributed by atoms with van der Waals surface area (Å²) in [4.78, 5) is 3.98. The van der Waals surface area contributed by atoms with Crippen LogP contribution < -0.4 is 5.32 Å². The number of aliphatic imine (C=N–C) groups is 1. The molecule has 2 rings (SSSR count). The Bertz CT molecular complexity index is 425. The summed E-state index contributed by atoms with van der Waals surface area (Å²) in [5.41, 5.74) is 0.140. The molecular weight excluding hydrogens is 215 g/mol. The topological polar surface area (TPSA) is 85.1 Å². The summed E-state index contributed by atoms with van der Waals surface area (Å²) in [6.07, 6.45) is -1.12. The number of amidine groups is 1. The summed E-state index contributed by atoms with van der Waals surface area (Å²) in [5, 5.41) is 30.9. The number of aromatic hydroxyl groups is 2. The predicted octanol–water partition coefficient (Wildman–Crippen LogP) is 0.272. The average Bonchev–Trinajstić information content (AvgIpc) is 2.77. The van der Waals surface area contributed by atoms with Crippen LogP contribution in [0.15, 0.2) is 17.1 Å². The SMILES string of the molecule is Oc1cc(C(O)C2=NCCN2)cc(F)c1O. The van der Waals surface area contributed by atoms with Gasteiger partial charge in [0.25, 0.3) is 0 Å². The molecule has 1 aromatic rings. The first-order valence-electron chi connectivity index (χ1n) is 4.77. The molecule has 0 radical (unpaired) electrons. The lowest BCUT2D eigenvalue weighted by Crippen LogP contribution is -2.25. The number of phenolic OH excluding ortho intramolecular Hbond substituents is 2. The fraction of sp³-hybridized carbons (Fsp3) is 0.300. The predicted molar refractivity (Wildman–Crippen MR) is 55.0 cm³/mol. The van der Waals surface area contributed by atoms with E-state index in [1.54, 1.807) is 0 Å². The quantitative estimate of drug-likeness (QED) is 0.545. The van der Waals surface area contributed by atoms with Gasteiger partial charge in [-0.15, -0.1) is 0 Å². The summed E-state index contributed by atoms with van der Waals surface area (Å²) in [6.45, 7) is 1.18. The zero-order valence-electron chi connectivity index (χ0n) is 8.31. The second-order valence-corrected chi connectivity index (χ2v) is 3.47. The number of aliphatic hydroxyl groups is 1. The molecule has 1 aliphatic heterocycles. The Morgan fingerprint density at radius 1 is 1.38 bits per heavy atom. The highest BCUT2D eigenvalue weighted by molar-refractivity contribution is 5.88. The van der Waals surface area contributed by atoms with Crippen LogP contribution in [0.2, 0.25) is 0 Å². The minimum atomic E-state index is -1.12. The van der Waals surface area contributed by atoms with Crippen molar-refractivity contribution < 1.29 is 19.7 Å². The average molecular weight is 226 g/mol. The Morgan fingerprint density at radius 2 is 2.12 bits per heavy atom. The first kappa shape index (κ1) is 10.7. The molecule has 0 saturated heterocycles. The first-order chi connectivity index (χ1) is 7.59. The maximum atomic E-state index is 13.1. The van der Waals surface area contributed by atoms with Gasteiger partial charge in [-0.05, 0) is 17.7 Å². The molecule has 0 aromatic heterocycles. The third-order valence-electron chi connectivity index (χ3n) is 2.34. The molecule has 0 aliphatic carbocycles. The molecule has 6 heteroatoms. The van der Waals surface area contributed by atoms with Crippen LogP contribution in [0.4, 0.5) is 4.39 Å². The number of aliphatic hydroxyl groups excluding tert-OH is 1. The maximum Gasteiger partial charge on any atom is 0.194 e. The fourth-order valence-corrected chi connectivity index (χ4v) is 1.52. The summed E-state index contributed by atoms with van der Waals surface area (Å²) in [7, 11) is 0. The molecule has 16 heavy (non-hydrogen) atoms. The monoisotopic (exact) mass is 226 g/mol. The molecule has 0 fully saturated rings. The Kier molecular flexibility index (Phi) is 2.66. The highest BCUT2D eigenvalue weighted by Gasteiger charge is 2.20. The van der Waals surface area contributed by atoms with Crippen LogP contribution in [0.1, 0.15) is 11.7 Å². The smallest absolute Gasteiger partial charge is 0.194 e. The van der Waals surface area contributed by atoms with Gasteiger partial charge < -0.3 is 20.6 Å². The molecule has 1 aromatic carbocycles. The molecular formula is C10H11FN2O3. The molecule has 1 atom stereocenters. The summed E-state index contributed by atoms with van der Waals surface area (Å²) >= 11 is 0. The molecule has 5 nitrogen and oxygen atoms in total. The number of phenols is 2. The Morgan fingerprint density at radius 3 is 2.69 bits per heavy atom. The van der Waals surface area contributed by atoms with Crippen molar-refractivity contribution in [2.24, 2.45) is 4.99 Å². The van der Waals surface area contributed by atoms with Gasteiger partial charge in [0.05, 0.1) is 6.54 Å². The lowest BCUT2D eigenvalue weighted by molar-refractivity contribution is 0.242. The van der Waals surface area contributed by atoms with Crippen molar-refractivity contribution in [1.29, 1.82) is 0 Å². The third-order valence-corrected chi connectivity index (χ3v) is 2.34. The van der Waals surface area contributed by atoms with Crippen molar-refractivity contribution in [2.45, 2.75) is 6.10 Å².